The SMILES string of the molecule is CCOCCCC(C)(C)CC(C)=O. The Kier molecular flexibility index (Phi) is 5.97. The Bertz CT molecular complexity index is 150. The zero-order valence-corrected chi connectivity index (χ0v) is 9.35. The van der Waals surface area contributed by atoms with Gasteiger partial charge >= 0.3 is 0 Å². The Hall–Kier alpha value is -0.370. The third-order valence-electron chi connectivity index (χ3n) is 2.07. The second kappa shape index (κ2) is 6.14. The van der Waals surface area contributed by atoms with Crippen LogP contribution >= 0.6 is 0 Å². The maximum atomic E-state index is 10.9. The summed E-state index contributed by atoms with van der Waals surface area (Å²) in [6, 6.07) is 0. The maximum absolute atomic E-state index is 10.9. The second-order valence-electron chi connectivity index (χ2n) is 4.34. The van der Waals surface area contributed by atoms with Gasteiger partial charge in [-0.25, -0.2) is 0 Å². The minimum Gasteiger partial charge on any atom is -0.382 e. The van der Waals surface area contributed by atoms with Gasteiger partial charge in [0.2, 0.25) is 0 Å². The molecule has 0 saturated heterocycles. The van der Waals surface area contributed by atoms with Crippen molar-refractivity contribution in [2.24, 2.45) is 5.41 Å². The number of rotatable bonds is 7. The molecule has 0 saturated carbocycles. The van der Waals surface area contributed by atoms with Crippen molar-refractivity contribution in [3.05, 3.63) is 0 Å². The van der Waals surface area contributed by atoms with Crippen LogP contribution in [0.3, 0.4) is 0 Å². The first-order valence-corrected chi connectivity index (χ1v) is 5.05. The van der Waals surface area contributed by atoms with E-state index in [0.717, 1.165) is 26.1 Å². The van der Waals surface area contributed by atoms with Gasteiger partial charge in [0.1, 0.15) is 5.78 Å². The van der Waals surface area contributed by atoms with Gasteiger partial charge in [0.05, 0.1) is 0 Å². The molecule has 0 aromatic heterocycles. The first kappa shape index (κ1) is 12.6. The quantitative estimate of drug-likeness (QED) is 0.571. The van der Waals surface area contributed by atoms with Crippen molar-refractivity contribution in [2.75, 3.05) is 13.2 Å². The summed E-state index contributed by atoms with van der Waals surface area (Å²) < 4.78 is 5.25. The minimum atomic E-state index is 0.142. The average Bonchev–Trinajstić information content (AvgIpc) is 1.95. The van der Waals surface area contributed by atoms with Crippen molar-refractivity contribution in [3.8, 4) is 0 Å². The fraction of sp³-hybridized carbons (Fsp3) is 0.909. The van der Waals surface area contributed by atoms with Crippen molar-refractivity contribution in [2.45, 2.75) is 47.0 Å². The van der Waals surface area contributed by atoms with E-state index in [9.17, 15) is 4.79 Å². The predicted molar refractivity (Wildman–Crippen MR) is 54.8 cm³/mol. The molecule has 0 aromatic carbocycles. The minimum absolute atomic E-state index is 0.142. The van der Waals surface area contributed by atoms with E-state index in [4.69, 9.17) is 4.74 Å². The highest BCUT2D eigenvalue weighted by Gasteiger charge is 2.19. The molecule has 0 aliphatic carbocycles. The van der Waals surface area contributed by atoms with Crippen LogP contribution < -0.4 is 0 Å². The Morgan fingerprint density at radius 3 is 2.46 bits per heavy atom. The summed E-state index contributed by atoms with van der Waals surface area (Å²) in [4.78, 5) is 10.9. The maximum Gasteiger partial charge on any atom is 0.130 e. The molecule has 0 spiro atoms. The topological polar surface area (TPSA) is 26.3 Å². The Morgan fingerprint density at radius 2 is 2.00 bits per heavy atom. The molecular weight excluding hydrogens is 164 g/mol. The van der Waals surface area contributed by atoms with E-state index < -0.39 is 0 Å². The molecule has 0 aliphatic rings. The van der Waals surface area contributed by atoms with E-state index in [1.165, 1.54) is 0 Å². The lowest BCUT2D eigenvalue weighted by molar-refractivity contribution is -0.119. The lowest BCUT2D eigenvalue weighted by Crippen LogP contribution is -2.16. The van der Waals surface area contributed by atoms with Crippen LogP contribution in [0.1, 0.15) is 47.0 Å². The molecule has 78 valence electrons. The highest BCUT2D eigenvalue weighted by Crippen LogP contribution is 2.26. The van der Waals surface area contributed by atoms with Gasteiger partial charge in [0.25, 0.3) is 0 Å². The summed E-state index contributed by atoms with van der Waals surface area (Å²) >= 11 is 0. The van der Waals surface area contributed by atoms with Gasteiger partial charge < -0.3 is 9.53 Å². The number of hydrogen-bond donors (Lipinski definition) is 0. The van der Waals surface area contributed by atoms with Gasteiger partial charge in [-0.3, -0.25) is 0 Å². The molecule has 13 heavy (non-hydrogen) atoms. The third-order valence-corrected chi connectivity index (χ3v) is 2.07. The van der Waals surface area contributed by atoms with Gasteiger partial charge in [0, 0.05) is 19.6 Å². The molecule has 0 rings (SSSR count). The molecule has 0 fully saturated rings. The summed E-state index contributed by atoms with van der Waals surface area (Å²) in [5, 5.41) is 0. The molecule has 0 heterocycles. The Labute approximate surface area is 81.7 Å². The predicted octanol–water partition coefficient (Wildman–Crippen LogP) is 2.81. The normalized spacial score (nSPS) is 11.7. The third kappa shape index (κ3) is 7.97. The standard InChI is InChI=1S/C11H22O2/c1-5-13-8-6-7-11(3,4)9-10(2)12/h5-9H2,1-4H3. The first-order chi connectivity index (χ1) is 5.98. The summed E-state index contributed by atoms with van der Waals surface area (Å²) in [7, 11) is 0. The number of carbonyl (C=O) groups is 1. The molecular formula is C11H22O2. The summed E-state index contributed by atoms with van der Waals surface area (Å²) in [6.45, 7) is 9.54. The van der Waals surface area contributed by atoms with Gasteiger partial charge in [-0.2, -0.15) is 0 Å². The highest BCUT2D eigenvalue weighted by molar-refractivity contribution is 5.76. The number of ketones is 1. The van der Waals surface area contributed by atoms with Crippen LogP contribution in [-0.2, 0) is 9.53 Å². The lowest BCUT2D eigenvalue weighted by Gasteiger charge is -2.22. The van der Waals surface area contributed by atoms with E-state index in [1.54, 1.807) is 6.92 Å². The van der Waals surface area contributed by atoms with Crippen LogP contribution in [0.2, 0.25) is 0 Å². The van der Waals surface area contributed by atoms with Crippen LogP contribution in [0.15, 0.2) is 0 Å². The molecule has 0 bridgehead atoms. The van der Waals surface area contributed by atoms with Gasteiger partial charge in [-0.15, -0.1) is 0 Å². The van der Waals surface area contributed by atoms with Crippen LogP contribution in [0.4, 0.5) is 0 Å². The molecule has 0 amide bonds. The first-order valence-electron chi connectivity index (χ1n) is 5.05. The monoisotopic (exact) mass is 186 g/mol. The summed E-state index contributed by atoms with van der Waals surface area (Å²) in [6.07, 6.45) is 2.79. The van der Waals surface area contributed by atoms with Crippen LogP contribution in [0.5, 0.6) is 0 Å². The van der Waals surface area contributed by atoms with E-state index >= 15 is 0 Å². The van der Waals surface area contributed by atoms with E-state index in [0.29, 0.717) is 6.42 Å². The zero-order valence-electron chi connectivity index (χ0n) is 9.35. The van der Waals surface area contributed by atoms with E-state index in [1.807, 2.05) is 6.92 Å². The molecule has 2 nitrogen and oxygen atoms in total. The highest BCUT2D eigenvalue weighted by atomic mass is 16.5. The Balaban J connectivity index is 3.56. The summed E-state index contributed by atoms with van der Waals surface area (Å²) in [5.41, 5.74) is 0.142. The summed E-state index contributed by atoms with van der Waals surface area (Å²) in [5.74, 6) is 0.279. The molecule has 0 aliphatic heterocycles. The van der Waals surface area contributed by atoms with Crippen LogP contribution in [0, 0.1) is 5.41 Å². The molecule has 0 unspecified atom stereocenters. The fourth-order valence-electron chi connectivity index (χ4n) is 1.56. The average molecular weight is 186 g/mol. The largest absolute Gasteiger partial charge is 0.382 e. The van der Waals surface area contributed by atoms with Crippen molar-refractivity contribution in [1.82, 2.24) is 0 Å². The van der Waals surface area contributed by atoms with Gasteiger partial charge in [-0.05, 0) is 32.1 Å². The van der Waals surface area contributed by atoms with Crippen LogP contribution in [-0.4, -0.2) is 19.0 Å². The molecule has 0 atom stereocenters. The fourth-order valence-corrected chi connectivity index (χ4v) is 1.56. The zero-order chi connectivity index (χ0) is 10.3. The number of ether oxygens (including phenoxy) is 1. The lowest BCUT2D eigenvalue weighted by atomic mass is 9.83. The number of hydrogen-bond acceptors (Lipinski definition) is 2. The van der Waals surface area contributed by atoms with Gasteiger partial charge in [0.15, 0.2) is 0 Å². The Morgan fingerprint density at radius 1 is 1.38 bits per heavy atom. The van der Waals surface area contributed by atoms with Crippen molar-refractivity contribution in [1.29, 1.82) is 0 Å². The van der Waals surface area contributed by atoms with Gasteiger partial charge in [-0.1, -0.05) is 13.8 Å². The molecule has 0 N–H and O–H groups in total. The number of carbonyl (C=O) groups excluding carboxylic acids is 1. The molecule has 0 aromatic rings. The van der Waals surface area contributed by atoms with E-state index in [2.05, 4.69) is 13.8 Å². The second-order valence-corrected chi connectivity index (χ2v) is 4.34. The molecule has 2 heteroatoms. The number of Topliss-reactive ketones (excluding diaryl/α,β-unsaturated/α-hetero) is 1. The van der Waals surface area contributed by atoms with Crippen molar-refractivity contribution in [3.63, 3.8) is 0 Å². The van der Waals surface area contributed by atoms with Crippen molar-refractivity contribution < 1.29 is 9.53 Å². The smallest absolute Gasteiger partial charge is 0.130 e. The van der Waals surface area contributed by atoms with Crippen LogP contribution in [0.25, 0.3) is 0 Å². The van der Waals surface area contributed by atoms with E-state index in [-0.39, 0.29) is 11.2 Å². The van der Waals surface area contributed by atoms with Crippen molar-refractivity contribution >= 4 is 5.78 Å². The molecule has 0 radical (unpaired) electrons.